The lowest BCUT2D eigenvalue weighted by Gasteiger charge is -2.26. The van der Waals surface area contributed by atoms with Gasteiger partial charge in [0.25, 0.3) is 0 Å². The Bertz CT molecular complexity index is 408. The van der Waals surface area contributed by atoms with Gasteiger partial charge in [0.05, 0.1) is 10.7 Å². The molecule has 18 heavy (non-hydrogen) atoms. The molecule has 0 bridgehead atoms. The third-order valence-corrected chi connectivity index (χ3v) is 4.00. The Balaban J connectivity index is 2.10. The molecule has 0 amide bonds. The highest BCUT2D eigenvalue weighted by atomic mass is 35.5. The molecule has 1 atom stereocenters. The van der Waals surface area contributed by atoms with E-state index in [0.29, 0.717) is 6.54 Å². The van der Waals surface area contributed by atoms with E-state index in [1.165, 1.54) is 19.5 Å². The number of hydrogen-bond acceptors (Lipinski definition) is 3. The molecule has 100 valence electrons. The average Bonchev–Trinajstić information content (AvgIpc) is 2.74. The minimum Gasteiger partial charge on any atom is -0.373 e. The van der Waals surface area contributed by atoms with Crippen molar-refractivity contribution in [2.24, 2.45) is 11.7 Å². The van der Waals surface area contributed by atoms with Crippen LogP contribution in [0.25, 0.3) is 0 Å². The number of para-hydroxylation sites is 1. The van der Waals surface area contributed by atoms with Crippen molar-refractivity contribution in [3.63, 3.8) is 0 Å². The lowest BCUT2D eigenvalue weighted by atomic mass is 10.1. The van der Waals surface area contributed by atoms with E-state index in [2.05, 4.69) is 30.0 Å². The van der Waals surface area contributed by atoms with Gasteiger partial charge in [-0.1, -0.05) is 23.7 Å². The molecule has 3 nitrogen and oxygen atoms in total. The van der Waals surface area contributed by atoms with E-state index in [-0.39, 0.29) is 0 Å². The molecule has 1 aromatic rings. The van der Waals surface area contributed by atoms with Gasteiger partial charge in [0, 0.05) is 26.7 Å². The van der Waals surface area contributed by atoms with Crippen molar-refractivity contribution < 1.29 is 0 Å². The van der Waals surface area contributed by atoms with Crippen LogP contribution < -0.4 is 10.6 Å². The number of rotatable bonds is 4. The van der Waals surface area contributed by atoms with Crippen molar-refractivity contribution in [3.8, 4) is 0 Å². The molecule has 0 aromatic heterocycles. The average molecular weight is 268 g/mol. The van der Waals surface area contributed by atoms with Gasteiger partial charge in [-0.15, -0.1) is 0 Å². The molecule has 0 spiro atoms. The summed E-state index contributed by atoms with van der Waals surface area (Å²) in [6.45, 7) is 3.95. The Labute approximate surface area is 115 Å². The first-order valence-corrected chi connectivity index (χ1v) is 6.86. The predicted octanol–water partition coefficient (Wildman–Crippen LogP) is 2.19. The second kappa shape index (κ2) is 5.91. The van der Waals surface area contributed by atoms with Crippen LogP contribution >= 0.6 is 11.6 Å². The summed E-state index contributed by atoms with van der Waals surface area (Å²) in [7, 11) is 4.29. The van der Waals surface area contributed by atoms with E-state index in [1.807, 2.05) is 12.1 Å². The monoisotopic (exact) mass is 267 g/mol. The molecule has 1 aromatic carbocycles. The molecule has 0 radical (unpaired) electrons. The Morgan fingerprint density at radius 2 is 2.28 bits per heavy atom. The van der Waals surface area contributed by atoms with E-state index in [9.17, 15) is 0 Å². The fraction of sp³-hybridized carbons (Fsp3) is 0.571. The van der Waals surface area contributed by atoms with E-state index >= 15 is 0 Å². The number of nitrogens with two attached hydrogens (primary N) is 1. The largest absolute Gasteiger partial charge is 0.373 e. The Morgan fingerprint density at radius 3 is 2.89 bits per heavy atom. The predicted molar refractivity (Wildman–Crippen MR) is 78.2 cm³/mol. The molecule has 1 unspecified atom stereocenters. The number of nitrogens with zero attached hydrogens (tertiary/aromatic N) is 2. The van der Waals surface area contributed by atoms with Gasteiger partial charge in [-0.05, 0) is 37.6 Å². The number of likely N-dealkylation sites (tertiary alicyclic amines) is 1. The van der Waals surface area contributed by atoms with Crippen molar-refractivity contribution in [1.29, 1.82) is 0 Å². The molecule has 0 aliphatic carbocycles. The zero-order valence-electron chi connectivity index (χ0n) is 11.2. The van der Waals surface area contributed by atoms with Crippen LogP contribution in [-0.4, -0.2) is 38.6 Å². The second-order valence-corrected chi connectivity index (χ2v) is 5.66. The summed E-state index contributed by atoms with van der Waals surface area (Å²) in [5, 5.41) is 0.798. The van der Waals surface area contributed by atoms with Crippen molar-refractivity contribution in [3.05, 3.63) is 28.8 Å². The summed E-state index contributed by atoms with van der Waals surface area (Å²) in [6, 6.07) is 5.96. The van der Waals surface area contributed by atoms with E-state index in [0.717, 1.165) is 28.7 Å². The van der Waals surface area contributed by atoms with Crippen LogP contribution in [0.4, 0.5) is 5.69 Å². The molecule has 2 rings (SSSR count). The summed E-state index contributed by atoms with van der Waals surface area (Å²) < 4.78 is 0. The summed E-state index contributed by atoms with van der Waals surface area (Å²) >= 11 is 6.31. The molecule has 1 heterocycles. The summed E-state index contributed by atoms with van der Waals surface area (Å²) in [5.74, 6) is 0.724. The fourth-order valence-electron chi connectivity index (χ4n) is 2.81. The molecular weight excluding hydrogens is 246 g/mol. The van der Waals surface area contributed by atoms with Gasteiger partial charge in [-0.2, -0.15) is 0 Å². The quantitative estimate of drug-likeness (QED) is 0.908. The van der Waals surface area contributed by atoms with Crippen LogP contribution in [-0.2, 0) is 6.54 Å². The maximum Gasteiger partial charge on any atom is 0.0642 e. The molecule has 1 saturated heterocycles. The van der Waals surface area contributed by atoms with E-state index in [1.54, 1.807) is 0 Å². The molecule has 0 saturated carbocycles. The SMILES string of the molecule is CN1CCC(CN(C)c2c(Cl)cccc2CN)C1. The van der Waals surface area contributed by atoms with Crippen molar-refractivity contribution in [2.75, 3.05) is 38.6 Å². The van der Waals surface area contributed by atoms with Crippen LogP contribution in [0.1, 0.15) is 12.0 Å². The Kier molecular flexibility index (Phi) is 4.49. The third kappa shape index (κ3) is 2.97. The highest BCUT2D eigenvalue weighted by molar-refractivity contribution is 6.33. The fourth-order valence-corrected chi connectivity index (χ4v) is 3.14. The minimum atomic E-state index is 0.533. The molecule has 4 heteroatoms. The van der Waals surface area contributed by atoms with Crippen molar-refractivity contribution in [1.82, 2.24) is 4.90 Å². The Hall–Kier alpha value is -0.770. The lowest BCUT2D eigenvalue weighted by molar-refractivity contribution is 0.396. The molecular formula is C14H22ClN3. The topological polar surface area (TPSA) is 32.5 Å². The maximum absolute atomic E-state index is 6.31. The summed E-state index contributed by atoms with van der Waals surface area (Å²) in [4.78, 5) is 4.64. The molecule has 1 fully saturated rings. The molecule has 1 aliphatic rings. The highest BCUT2D eigenvalue weighted by Crippen LogP contribution is 2.30. The van der Waals surface area contributed by atoms with Gasteiger partial charge in [-0.3, -0.25) is 0 Å². The first-order chi connectivity index (χ1) is 8.61. The minimum absolute atomic E-state index is 0.533. The number of anilines is 1. The maximum atomic E-state index is 6.31. The van der Waals surface area contributed by atoms with E-state index < -0.39 is 0 Å². The first-order valence-electron chi connectivity index (χ1n) is 6.49. The van der Waals surface area contributed by atoms with Gasteiger partial charge in [-0.25, -0.2) is 0 Å². The van der Waals surface area contributed by atoms with Gasteiger partial charge in [0.15, 0.2) is 0 Å². The standard InChI is InChI=1S/C14H22ClN3/c1-17-7-6-11(9-17)10-18(2)14-12(8-16)4-3-5-13(14)15/h3-5,11H,6-10,16H2,1-2H3. The van der Waals surface area contributed by atoms with Gasteiger partial charge < -0.3 is 15.5 Å². The van der Waals surface area contributed by atoms with Crippen LogP contribution in [0.2, 0.25) is 5.02 Å². The smallest absolute Gasteiger partial charge is 0.0642 e. The first kappa shape index (κ1) is 13.7. The summed E-state index contributed by atoms with van der Waals surface area (Å²) in [6.07, 6.45) is 1.27. The molecule has 1 aliphatic heterocycles. The zero-order chi connectivity index (χ0) is 13.1. The van der Waals surface area contributed by atoms with E-state index in [4.69, 9.17) is 17.3 Å². The van der Waals surface area contributed by atoms with Crippen LogP contribution in [0.5, 0.6) is 0 Å². The number of halogens is 1. The van der Waals surface area contributed by atoms with Crippen LogP contribution in [0.3, 0.4) is 0 Å². The molecule has 2 N–H and O–H groups in total. The lowest BCUT2D eigenvalue weighted by Crippen LogP contribution is -2.28. The van der Waals surface area contributed by atoms with Crippen LogP contribution in [0, 0.1) is 5.92 Å². The highest BCUT2D eigenvalue weighted by Gasteiger charge is 2.22. The Morgan fingerprint density at radius 1 is 1.50 bits per heavy atom. The van der Waals surface area contributed by atoms with Crippen LogP contribution in [0.15, 0.2) is 18.2 Å². The van der Waals surface area contributed by atoms with Gasteiger partial charge in [0.2, 0.25) is 0 Å². The number of hydrogen-bond donors (Lipinski definition) is 1. The summed E-state index contributed by atoms with van der Waals surface area (Å²) in [5.41, 5.74) is 8.01. The third-order valence-electron chi connectivity index (χ3n) is 3.69. The number of benzene rings is 1. The zero-order valence-corrected chi connectivity index (χ0v) is 12.0. The van der Waals surface area contributed by atoms with Crippen molar-refractivity contribution >= 4 is 17.3 Å². The van der Waals surface area contributed by atoms with Gasteiger partial charge >= 0.3 is 0 Å². The second-order valence-electron chi connectivity index (χ2n) is 5.25. The normalized spacial score (nSPS) is 20.3. The van der Waals surface area contributed by atoms with Gasteiger partial charge in [0.1, 0.15) is 0 Å². The van der Waals surface area contributed by atoms with Crippen molar-refractivity contribution in [2.45, 2.75) is 13.0 Å².